The lowest BCUT2D eigenvalue weighted by molar-refractivity contribution is -0.141. The molecule has 0 aliphatic rings. The summed E-state index contributed by atoms with van der Waals surface area (Å²) in [5.41, 5.74) is 3.83. The molecule has 1 N–H and O–H groups in total. The topological polar surface area (TPSA) is 77.4 Å². The first kappa shape index (κ1) is 23.1. The van der Waals surface area contributed by atoms with Gasteiger partial charge in [0.05, 0.1) is 0 Å². The van der Waals surface area contributed by atoms with Gasteiger partial charge in [0.25, 0.3) is 5.91 Å². The number of Topliss-reactive ketones (excluding diaryl/α,β-unsaturated/α-hetero) is 1. The van der Waals surface area contributed by atoms with Crippen LogP contribution in [0.4, 0.5) is 0 Å². The fourth-order valence-electron chi connectivity index (χ4n) is 3.14. The van der Waals surface area contributed by atoms with Crippen molar-refractivity contribution in [3.05, 3.63) is 71.1 Å². The molecule has 160 valence electrons. The minimum absolute atomic E-state index is 0.00505. The first-order chi connectivity index (χ1) is 14.0. The zero-order valence-electron chi connectivity index (χ0n) is 18.4. The van der Waals surface area contributed by atoms with Gasteiger partial charge >= 0.3 is 5.97 Å². The molecule has 30 heavy (non-hydrogen) atoms. The van der Waals surface area contributed by atoms with Crippen LogP contribution in [0, 0.1) is 13.8 Å². The second-order valence-electron chi connectivity index (χ2n) is 8.28. The number of hydrogen-bond donors (Lipinski definition) is 1. The fraction of sp³-hybridized carbons (Fsp3) is 0.375. The Balaban J connectivity index is 1.86. The Bertz CT molecular complexity index is 947. The Morgan fingerprint density at radius 2 is 1.77 bits per heavy atom. The van der Waals surface area contributed by atoms with E-state index in [1.54, 1.807) is 24.3 Å². The molecule has 0 aliphatic heterocycles. The lowest BCUT2D eigenvalue weighted by Gasteiger charge is -2.19. The van der Waals surface area contributed by atoms with E-state index >= 15 is 0 Å². The van der Waals surface area contributed by atoms with Gasteiger partial charge in [0.2, 0.25) is 5.78 Å². The predicted octanol–water partition coefficient (Wildman–Crippen LogP) is 3.74. The summed E-state index contributed by atoms with van der Waals surface area (Å²) in [6.07, 6.45) is 1.76. The highest BCUT2D eigenvalue weighted by atomic mass is 16.5. The number of ether oxygens (including phenoxy) is 1. The van der Waals surface area contributed by atoms with E-state index in [4.69, 9.17) is 4.74 Å². The lowest BCUT2D eigenvalue weighted by atomic mass is 9.87. The average molecular weight is 411 g/mol. The van der Waals surface area contributed by atoms with Crippen LogP contribution in [0.15, 0.2) is 43.0 Å². The molecule has 0 atom stereocenters. The van der Waals surface area contributed by atoms with Crippen molar-refractivity contribution in [3.8, 4) is 0 Å². The second-order valence-corrected chi connectivity index (χ2v) is 8.28. The van der Waals surface area contributed by atoms with E-state index in [1.807, 2.05) is 30.5 Å². The van der Waals surface area contributed by atoms with Crippen LogP contribution in [0.5, 0.6) is 0 Å². The Kier molecular flexibility index (Phi) is 7.38. The summed E-state index contributed by atoms with van der Waals surface area (Å²) < 4.78 is 7.01. The highest BCUT2D eigenvalue weighted by molar-refractivity contribution is 6.00. The maximum absolute atomic E-state index is 12.4. The Morgan fingerprint density at radius 1 is 1.13 bits per heavy atom. The van der Waals surface area contributed by atoms with Crippen molar-refractivity contribution in [2.24, 2.45) is 0 Å². The van der Waals surface area contributed by atoms with Crippen LogP contribution < -0.4 is 5.32 Å². The number of aromatic nitrogens is 1. The number of nitrogens with one attached hydrogen (secondary N) is 1. The fourth-order valence-corrected chi connectivity index (χ4v) is 3.14. The van der Waals surface area contributed by atoms with Gasteiger partial charge in [0.15, 0.2) is 6.61 Å². The largest absolute Gasteiger partial charge is 0.456 e. The molecule has 0 spiro atoms. The number of hydrogen-bond acceptors (Lipinski definition) is 4. The van der Waals surface area contributed by atoms with Gasteiger partial charge in [-0.25, -0.2) is 0 Å². The molecule has 6 nitrogen and oxygen atoms in total. The molecule has 1 aromatic carbocycles. The minimum atomic E-state index is -0.664. The number of benzene rings is 1. The van der Waals surface area contributed by atoms with Crippen molar-refractivity contribution in [3.63, 3.8) is 0 Å². The van der Waals surface area contributed by atoms with Gasteiger partial charge in [0.1, 0.15) is 6.54 Å². The summed E-state index contributed by atoms with van der Waals surface area (Å²) in [5.74, 6) is -1.31. The number of ketones is 1. The summed E-state index contributed by atoms with van der Waals surface area (Å²) in [6, 6.07) is 9.02. The molecule has 2 rings (SSSR count). The Morgan fingerprint density at radius 3 is 2.33 bits per heavy atom. The zero-order valence-corrected chi connectivity index (χ0v) is 18.4. The molecule has 0 fully saturated rings. The lowest BCUT2D eigenvalue weighted by Crippen LogP contribution is -2.31. The molecule has 1 amide bonds. The van der Waals surface area contributed by atoms with Gasteiger partial charge in [-0.15, -0.1) is 6.58 Å². The van der Waals surface area contributed by atoms with E-state index in [1.165, 1.54) is 0 Å². The van der Waals surface area contributed by atoms with E-state index in [9.17, 15) is 14.4 Å². The van der Waals surface area contributed by atoms with Crippen molar-refractivity contribution in [2.45, 2.75) is 46.6 Å². The zero-order chi connectivity index (χ0) is 22.5. The van der Waals surface area contributed by atoms with Crippen molar-refractivity contribution >= 4 is 17.7 Å². The van der Waals surface area contributed by atoms with Gasteiger partial charge < -0.3 is 14.6 Å². The summed E-state index contributed by atoms with van der Waals surface area (Å²) in [5, 5.41) is 2.52. The molecule has 1 aromatic heterocycles. The number of allylic oxidation sites excluding steroid dienone is 1. The highest BCUT2D eigenvalue weighted by Crippen LogP contribution is 2.22. The van der Waals surface area contributed by atoms with Gasteiger partial charge in [-0.3, -0.25) is 14.4 Å². The number of nitrogens with zero attached hydrogens (tertiary/aromatic N) is 1. The summed E-state index contributed by atoms with van der Waals surface area (Å²) >= 11 is 0. The van der Waals surface area contributed by atoms with E-state index in [-0.39, 0.29) is 30.3 Å². The van der Waals surface area contributed by atoms with Gasteiger partial charge in [-0.1, -0.05) is 39.0 Å². The number of aryl methyl sites for hydroxylation is 1. The quantitative estimate of drug-likeness (QED) is 0.409. The van der Waals surface area contributed by atoms with Crippen LogP contribution in [0.3, 0.4) is 0 Å². The van der Waals surface area contributed by atoms with Gasteiger partial charge in [0, 0.05) is 29.1 Å². The number of esters is 1. The third kappa shape index (κ3) is 5.69. The molecule has 2 aromatic rings. The molecule has 6 heteroatoms. The molecule has 0 aliphatic carbocycles. The predicted molar refractivity (Wildman–Crippen MR) is 117 cm³/mol. The van der Waals surface area contributed by atoms with Crippen molar-refractivity contribution in [1.29, 1.82) is 0 Å². The van der Waals surface area contributed by atoms with Gasteiger partial charge in [-0.05, 0) is 43.0 Å². The SMILES string of the molecule is C=CCn1c(C)cc(C(=O)COC(=O)CNC(=O)c2ccc(C(C)(C)C)cc2)c1C. The van der Waals surface area contributed by atoms with Crippen LogP contribution in [-0.4, -0.2) is 35.4 Å². The van der Waals surface area contributed by atoms with Crippen molar-refractivity contribution < 1.29 is 19.1 Å². The van der Waals surface area contributed by atoms with E-state index in [0.717, 1.165) is 17.0 Å². The maximum atomic E-state index is 12.4. The number of carbonyl (C=O) groups is 3. The smallest absolute Gasteiger partial charge is 0.325 e. The van der Waals surface area contributed by atoms with Crippen LogP contribution in [0.1, 0.15) is 58.4 Å². The van der Waals surface area contributed by atoms with Gasteiger partial charge in [-0.2, -0.15) is 0 Å². The molecular formula is C24H30N2O4. The Labute approximate surface area is 177 Å². The normalized spacial score (nSPS) is 11.1. The first-order valence-electron chi connectivity index (χ1n) is 9.89. The van der Waals surface area contributed by atoms with E-state index < -0.39 is 5.97 Å². The number of amides is 1. The number of rotatable bonds is 8. The third-order valence-corrected chi connectivity index (χ3v) is 4.96. The summed E-state index contributed by atoms with van der Waals surface area (Å²) in [4.78, 5) is 36.6. The molecule has 1 heterocycles. The van der Waals surface area contributed by atoms with Crippen LogP contribution >= 0.6 is 0 Å². The first-order valence-corrected chi connectivity index (χ1v) is 9.89. The van der Waals surface area contributed by atoms with Crippen molar-refractivity contribution in [1.82, 2.24) is 9.88 Å². The summed E-state index contributed by atoms with van der Waals surface area (Å²) in [6.45, 7) is 13.7. The van der Waals surface area contributed by atoms with Crippen molar-refractivity contribution in [2.75, 3.05) is 13.2 Å². The third-order valence-electron chi connectivity index (χ3n) is 4.96. The van der Waals surface area contributed by atoms with E-state index in [0.29, 0.717) is 17.7 Å². The highest BCUT2D eigenvalue weighted by Gasteiger charge is 2.18. The maximum Gasteiger partial charge on any atom is 0.325 e. The minimum Gasteiger partial charge on any atom is -0.456 e. The summed E-state index contributed by atoms with van der Waals surface area (Å²) in [7, 11) is 0. The molecular weight excluding hydrogens is 380 g/mol. The van der Waals surface area contributed by atoms with Crippen LogP contribution in [0.2, 0.25) is 0 Å². The Hall–Kier alpha value is -3.15. The molecule has 0 radical (unpaired) electrons. The standard InChI is InChI=1S/C24H30N2O4/c1-7-12-26-16(2)13-20(17(26)3)21(27)15-30-22(28)14-25-23(29)18-8-10-19(11-9-18)24(4,5)6/h7-11,13H,1,12,14-15H2,2-6H3,(H,25,29). The van der Waals surface area contributed by atoms with Crippen LogP contribution in [0.25, 0.3) is 0 Å². The van der Waals surface area contributed by atoms with Crippen LogP contribution in [-0.2, 0) is 21.5 Å². The number of carbonyl (C=O) groups excluding carboxylic acids is 3. The second kappa shape index (κ2) is 9.57. The molecule has 0 unspecified atom stereocenters. The molecule has 0 saturated heterocycles. The molecule has 0 bridgehead atoms. The monoisotopic (exact) mass is 410 g/mol. The molecule has 0 saturated carbocycles. The van der Waals surface area contributed by atoms with E-state index in [2.05, 4.69) is 32.7 Å². The average Bonchev–Trinajstić information content (AvgIpc) is 2.98.